The van der Waals surface area contributed by atoms with Crippen LogP contribution in [0.4, 0.5) is 0 Å². The van der Waals surface area contributed by atoms with E-state index in [1.54, 1.807) is 42.5 Å². The molecule has 9 nitrogen and oxygen atoms in total. The molecule has 1 aromatic heterocycles. The van der Waals surface area contributed by atoms with Crippen LogP contribution in [0, 0.1) is 0 Å². The topological polar surface area (TPSA) is 138 Å². The molecule has 11 heteroatoms. The summed E-state index contributed by atoms with van der Waals surface area (Å²) >= 11 is 0. The Morgan fingerprint density at radius 3 is 2.36 bits per heavy atom. The molecule has 2 heterocycles. The normalized spacial score (nSPS) is 17.8. The first kappa shape index (κ1) is 25.2. The molecular formula is C28H24N4O5S2. The minimum Gasteiger partial charge on any atom is -0.341 e. The molecule has 39 heavy (non-hydrogen) atoms. The molecule has 0 spiro atoms. The maximum atomic E-state index is 13.5. The van der Waals surface area contributed by atoms with Gasteiger partial charge in [0.05, 0.1) is 28.4 Å². The lowest BCUT2D eigenvalue weighted by molar-refractivity contribution is -0.118. The van der Waals surface area contributed by atoms with Crippen molar-refractivity contribution in [3.8, 4) is 0 Å². The molecule has 1 aliphatic rings. The Morgan fingerprint density at radius 1 is 0.923 bits per heavy atom. The van der Waals surface area contributed by atoms with Gasteiger partial charge < -0.3 is 4.98 Å². The third-order valence-electron chi connectivity index (χ3n) is 6.86. The van der Waals surface area contributed by atoms with E-state index in [0.29, 0.717) is 16.9 Å². The molecule has 1 unspecified atom stereocenters. The minimum atomic E-state index is -3.93. The summed E-state index contributed by atoms with van der Waals surface area (Å²) in [5.74, 6) is -0.0741. The van der Waals surface area contributed by atoms with Crippen LogP contribution in [0.25, 0.3) is 21.8 Å². The molecule has 3 N–H and O–H groups in total. The number of aromatic nitrogens is 2. The largest absolute Gasteiger partial charge is 0.341 e. The minimum absolute atomic E-state index is 0.130. The zero-order valence-electron chi connectivity index (χ0n) is 20.5. The Balaban J connectivity index is 1.33. The van der Waals surface area contributed by atoms with E-state index in [9.17, 15) is 21.6 Å². The number of nitrogens with one attached hydrogen (secondary N) is 3. The van der Waals surface area contributed by atoms with Crippen molar-refractivity contribution < 1.29 is 21.6 Å². The molecule has 0 aliphatic carbocycles. The maximum Gasteiger partial charge on any atom is 0.242 e. The van der Waals surface area contributed by atoms with Gasteiger partial charge in [0.15, 0.2) is 0 Å². The molecule has 0 radical (unpaired) electrons. The van der Waals surface area contributed by atoms with E-state index in [2.05, 4.69) is 14.7 Å². The summed E-state index contributed by atoms with van der Waals surface area (Å²) in [5, 5.41) is 0.800. The number of fused-ring (bicyclic) bond motifs is 2. The number of sulfonamides is 2. The Morgan fingerprint density at radius 2 is 1.64 bits per heavy atom. The van der Waals surface area contributed by atoms with Crippen molar-refractivity contribution in [3.05, 3.63) is 108 Å². The number of amides is 1. The lowest BCUT2D eigenvalue weighted by Gasteiger charge is -2.18. The van der Waals surface area contributed by atoms with Crippen LogP contribution in [0.1, 0.15) is 34.7 Å². The monoisotopic (exact) mass is 560 g/mol. The Bertz CT molecular complexity index is 1900. The van der Waals surface area contributed by atoms with Crippen molar-refractivity contribution in [2.24, 2.45) is 0 Å². The van der Waals surface area contributed by atoms with E-state index >= 15 is 0 Å². The summed E-state index contributed by atoms with van der Waals surface area (Å²) < 4.78 is 56.4. The highest BCUT2D eigenvalue weighted by Gasteiger charge is 2.37. The Kier molecular flexibility index (Phi) is 6.21. The van der Waals surface area contributed by atoms with Gasteiger partial charge in [-0.05, 0) is 52.6 Å². The van der Waals surface area contributed by atoms with Crippen LogP contribution in [-0.2, 0) is 31.3 Å². The van der Waals surface area contributed by atoms with Gasteiger partial charge in [-0.25, -0.2) is 26.5 Å². The van der Waals surface area contributed by atoms with E-state index in [0.717, 1.165) is 21.9 Å². The quantitative estimate of drug-likeness (QED) is 0.276. The van der Waals surface area contributed by atoms with Crippen LogP contribution < -0.4 is 9.44 Å². The summed E-state index contributed by atoms with van der Waals surface area (Å²) in [7, 11) is -7.69. The van der Waals surface area contributed by atoms with E-state index < -0.39 is 37.2 Å². The number of benzene rings is 4. The molecule has 1 amide bonds. The molecule has 0 saturated carbocycles. The first-order chi connectivity index (χ1) is 18.7. The van der Waals surface area contributed by atoms with E-state index in [1.165, 1.54) is 0 Å². The molecular weight excluding hydrogens is 536 g/mol. The number of nitrogens with zero attached hydrogens (tertiary/aromatic N) is 1. The standard InChI is InChI=1S/C28H24N4O5S2/c33-27-17-26(39(36,37)32-27)20-11-9-18(10-12-20)15-25(28-29-23-7-3-4-8-24(23)30-28)31-38(34,35)22-14-13-19-5-1-2-6-21(19)16-22/h1-14,16,25-26,31H,15,17H2,(H,29,30)(H,32,33)/t25-,26?/m0/s1. The van der Waals surface area contributed by atoms with E-state index in [4.69, 9.17) is 0 Å². The van der Waals surface area contributed by atoms with Gasteiger partial charge in [-0.1, -0.05) is 66.7 Å². The second-order valence-corrected chi connectivity index (χ2v) is 13.1. The predicted octanol–water partition coefficient (Wildman–Crippen LogP) is 3.87. The highest BCUT2D eigenvalue weighted by atomic mass is 32.2. The summed E-state index contributed by atoms with van der Waals surface area (Å²) in [6.45, 7) is 0. The molecule has 6 rings (SSSR count). The summed E-state index contributed by atoms with van der Waals surface area (Å²) in [6, 6.07) is 26.0. The Labute approximate surface area is 225 Å². The average molecular weight is 561 g/mol. The zero-order valence-corrected chi connectivity index (χ0v) is 22.2. The van der Waals surface area contributed by atoms with Crippen LogP contribution in [-0.4, -0.2) is 32.7 Å². The SMILES string of the molecule is O=C1CC(c2ccc(C[C@H](NS(=O)(=O)c3ccc4ccccc4c3)c3nc4ccccc4[nH]3)cc2)S(=O)(=O)N1. The molecule has 0 bridgehead atoms. The van der Waals surface area contributed by atoms with Crippen LogP contribution in [0.3, 0.4) is 0 Å². The number of H-pyrrole nitrogens is 1. The van der Waals surface area contributed by atoms with Gasteiger partial charge in [0.2, 0.25) is 26.0 Å². The van der Waals surface area contributed by atoms with Crippen molar-refractivity contribution in [3.63, 3.8) is 0 Å². The highest BCUT2D eigenvalue weighted by Crippen LogP contribution is 2.31. The first-order valence-corrected chi connectivity index (χ1v) is 15.3. The summed E-state index contributed by atoms with van der Waals surface area (Å²) in [6.07, 6.45) is 0.121. The van der Waals surface area contributed by atoms with Crippen LogP contribution in [0.15, 0.2) is 95.9 Å². The lowest BCUT2D eigenvalue weighted by atomic mass is 10.0. The predicted molar refractivity (Wildman–Crippen MR) is 148 cm³/mol. The number of hydrogen-bond acceptors (Lipinski definition) is 6. The van der Waals surface area contributed by atoms with Crippen LogP contribution in [0.2, 0.25) is 0 Å². The second kappa shape index (κ2) is 9.60. The van der Waals surface area contributed by atoms with Crippen molar-refractivity contribution in [1.82, 2.24) is 19.4 Å². The molecule has 1 saturated heterocycles. The molecule has 198 valence electrons. The molecule has 4 aromatic carbocycles. The number of carbonyl (C=O) groups is 1. The fourth-order valence-corrected chi connectivity index (χ4v) is 7.54. The third-order valence-corrected chi connectivity index (χ3v) is 10.0. The van der Waals surface area contributed by atoms with Crippen molar-refractivity contribution in [2.75, 3.05) is 0 Å². The van der Waals surface area contributed by atoms with Crippen molar-refractivity contribution in [2.45, 2.75) is 29.0 Å². The van der Waals surface area contributed by atoms with Gasteiger partial charge >= 0.3 is 0 Å². The van der Waals surface area contributed by atoms with Gasteiger partial charge in [-0.3, -0.25) is 9.52 Å². The van der Waals surface area contributed by atoms with Gasteiger partial charge in [0.25, 0.3) is 0 Å². The second-order valence-electron chi connectivity index (χ2n) is 9.53. The molecule has 5 aromatic rings. The number of para-hydroxylation sites is 2. The molecule has 1 aliphatic heterocycles. The van der Waals surface area contributed by atoms with Crippen molar-refractivity contribution in [1.29, 1.82) is 0 Å². The number of hydrogen-bond donors (Lipinski definition) is 3. The van der Waals surface area contributed by atoms with Gasteiger partial charge in [-0.15, -0.1) is 0 Å². The maximum absolute atomic E-state index is 13.5. The van der Waals surface area contributed by atoms with Crippen LogP contribution >= 0.6 is 0 Å². The fraction of sp³-hybridized carbons (Fsp3) is 0.143. The third kappa shape index (κ3) is 5.03. The van der Waals surface area contributed by atoms with Gasteiger partial charge in [0, 0.05) is 0 Å². The van der Waals surface area contributed by atoms with Crippen molar-refractivity contribution >= 4 is 47.8 Å². The van der Waals surface area contributed by atoms with E-state index in [-0.39, 0.29) is 17.7 Å². The van der Waals surface area contributed by atoms with Gasteiger partial charge in [-0.2, -0.15) is 0 Å². The summed E-state index contributed by atoms with van der Waals surface area (Å²) in [5.41, 5.74) is 2.75. The smallest absolute Gasteiger partial charge is 0.242 e. The molecule has 1 fully saturated rings. The van der Waals surface area contributed by atoms with Gasteiger partial charge in [0.1, 0.15) is 11.1 Å². The van der Waals surface area contributed by atoms with E-state index in [1.807, 2.05) is 53.3 Å². The number of imidazole rings is 1. The Hall–Kier alpha value is -4.06. The zero-order chi connectivity index (χ0) is 27.2. The number of rotatable bonds is 7. The van der Waals surface area contributed by atoms with Crippen LogP contribution in [0.5, 0.6) is 0 Å². The first-order valence-electron chi connectivity index (χ1n) is 12.3. The summed E-state index contributed by atoms with van der Waals surface area (Å²) in [4.78, 5) is 19.6. The number of aromatic amines is 1. The average Bonchev–Trinajstić information content (AvgIpc) is 3.47. The lowest BCUT2D eigenvalue weighted by Crippen LogP contribution is -2.31. The highest BCUT2D eigenvalue weighted by molar-refractivity contribution is 7.90. The number of carbonyl (C=O) groups excluding carboxylic acids is 1. The fourth-order valence-electron chi connectivity index (χ4n) is 4.87. The molecule has 2 atom stereocenters.